The molecule has 0 spiro atoms. The van der Waals surface area contributed by atoms with Crippen LogP contribution in [0.3, 0.4) is 0 Å². The summed E-state index contributed by atoms with van der Waals surface area (Å²) in [6, 6.07) is 0.201. The first-order chi connectivity index (χ1) is 8.63. The minimum Gasteiger partial charge on any atom is -0.394 e. The lowest BCUT2D eigenvalue weighted by atomic mass is 9.78. The molecule has 2 aliphatic rings. The zero-order chi connectivity index (χ0) is 13.1. The van der Waals surface area contributed by atoms with Gasteiger partial charge in [0.25, 0.3) is 0 Å². The average molecular weight is 254 g/mol. The maximum Gasteiger partial charge on any atom is 0.226 e. The van der Waals surface area contributed by atoms with Crippen molar-refractivity contribution in [2.75, 3.05) is 13.2 Å². The van der Waals surface area contributed by atoms with Crippen molar-refractivity contribution in [1.82, 2.24) is 4.90 Å². The third-order valence-corrected chi connectivity index (χ3v) is 4.73. The Labute approximate surface area is 110 Å². The van der Waals surface area contributed by atoms with E-state index in [9.17, 15) is 9.90 Å². The molecule has 1 aliphatic carbocycles. The molecule has 4 atom stereocenters. The van der Waals surface area contributed by atoms with E-state index in [0.29, 0.717) is 5.92 Å². The van der Waals surface area contributed by atoms with E-state index in [-0.39, 0.29) is 30.5 Å². The average Bonchev–Trinajstić information content (AvgIpc) is 2.41. The van der Waals surface area contributed by atoms with E-state index in [0.717, 1.165) is 45.1 Å². The van der Waals surface area contributed by atoms with Crippen molar-refractivity contribution in [3.63, 3.8) is 0 Å². The molecular weight excluding hydrogens is 228 g/mol. The van der Waals surface area contributed by atoms with Gasteiger partial charge < -0.3 is 15.7 Å². The number of amides is 1. The molecule has 4 heteroatoms. The molecule has 0 aromatic carbocycles. The molecule has 2 fully saturated rings. The van der Waals surface area contributed by atoms with Crippen molar-refractivity contribution in [2.24, 2.45) is 17.6 Å². The molecule has 3 N–H and O–H groups in total. The van der Waals surface area contributed by atoms with Crippen LogP contribution in [-0.4, -0.2) is 41.1 Å². The van der Waals surface area contributed by atoms with Crippen LogP contribution in [0.15, 0.2) is 0 Å². The van der Waals surface area contributed by atoms with Crippen LogP contribution in [0.1, 0.15) is 45.4 Å². The third-order valence-electron chi connectivity index (χ3n) is 4.73. The highest BCUT2D eigenvalue weighted by Crippen LogP contribution is 2.30. The maximum atomic E-state index is 12.5. The Bertz CT molecular complexity index is 296. The highest BCUT2D eigenvalue weighted by molar-refractivity contribution is 5.79. The smallest absolute Gasteiger partial charge is 0.226 e. The second kappa shape index (κ2) is 6.02. The summed E-state index contributed by atoms with van der Waals surface area (Å²) in [5.41, 5.74) is 6.08. The number of carbonyl (C=O) groups is 1. The molecule has 1 heterocycles. The number of rotatable bonds is 2. The number of nitrogens with two attached hydrogens (primary N) is 1. The lowest BCUT2D eigenvalue weighted by molar-refractivity contribution is -0.141. The van der Waals surface area contributed by atoms with Gasteiger partial charge in [0.15, 0.2) is 0 Å². The van der Waals surface area contributed by atoms with Crippen LogP contribution < -0.4 is 5.73 Å². The van der Waals surface area contributed by atoms with E-state index in [1.54, 1.807) is 0 Å². The highest BCUT2D eigenvalue weighted by Gasteiger charge is 2.35. The van der Waals surface area contributed by atoms with Crippen LogP contribution in [0.2, 0.25) is 0 Å². The van der Waals surface area contributed by atoms with E-state index in [1.807, 2.05) is 4.90 Å². The Morgan fingerprint density at radius 1 is 1.33 bits per heavy atom. The minimum atomic E-state index is 0.0434. The van der Waals surface area contributed by atoms with Gasteiger partial charge in [0.05, 0.1) is 12.6 Å². The predicted molar refractivity (Wildman–Crippen MR) is 70.9 cm³/mol. The standard InChI is InChI=1S/C14H26N2O2/c1-10-5-6-11(8-13(10)15)14(18)16-7-3-2-4-12(16)9-17/h10-13,17H,2-9,15H2,1H3. The molecule has 0 aromatic heterocycles. The number of hydrogen-bond acceptors (Lipinski definition) is 3. The van der Waals surface area contributed by atoms with E-state index in [2.05, 4.69) is 6.92 Å². The number of aliphatic hydroxyl groups excluding tert-OH is 1. The van der Waals surface area contributed by atoms with Gasteiger partial charge in [0.1, 0.15) is 0 Å². The summed E-state index contributed by atoms with van der Waals surface area (Å²) in [5.74, 6) is 0.850. The molecule has 18 heavy (non-hydrogen) atoms. The van der Waals surface area contributed by atoms with E-state index in [4.69, 9.17) is 5.73 Å². The Morgan fingerprint density at radius 3 is 2.78 bits per heavy atom. The quantitative estimate of drug-likeness (QED) is 0.776. The van der Waals surface area contributed by atoms with Crippen LogP contribution in [0.4, 0.5) is 0 Å². The van der Waals surface area contributed by atoms with Crippen LogP contribution in [-0.2, 0) is 4.79 Å². The van der Waals surface area contributed by atoms with Gasteiger partial charge in [-0.15, -0.1) is 0 Å². The summed E-state index contributed by atoms with van der Waals surface area (Å²) >= 11 is 0. The van der Waals surface area contributed by atoms with Crippen molar-refractivity contribution in [3.8, 4) is 0 Å². The molecule has 1 saturated carbocycles. The molecule has 1 amide bonds. The molecule has 0 aromatic rings. The molecule has 104 valence electrons. The Balaban J connectivity index is 1.97. The number of nitrogens with zero attached hydrogens (tertiary/aromatic N) is 1. The lowest BCUT2D eigenvalue weighted by Crippen LogP contribution is -2.50. The van der Waals surface area contributed by atoms with Gasteiger partial charge in [0, 0.05) is 18.5 Å². The zero-order valence-corrected chi connectivity index (χ0v) is 11.3. The normalized spacial score (nSPS) is 37.6. The first-order valence-electron chi connectivity index (χ1n) is 7.30. The monoisotopic (exact) mass is 254 g/mol. The number of likely N-dealkylation sites (tertiary alicyclic amines) is 1. The predicted octanol–water partition coefficient (Wildman–Crippen LogP) is 1.12. The van der Waals surface area contributed by atoms with Crippen LogP contribution >= 0.6 is 0 Å². The number of aliphatic hydroxyl groups is 1. The summed E-state index contributed by atoms with van der Waals surface area (Å²) in [6.45, 7) is 3.08. The summed E-state index contributed by atoms with van der Waals surface area (Å²) in [6.07, 6.45) is 5.96. The Morgan fingerprint density at radius 2 is 2.11 bits per heavy atom. The lowest BCUT2D eigenvalue weighted by Gasteiger charge is -2.39. The van der Waals surface area contributed by atoms with Crippen LogP contribution in [0.25, 0.3) is 0 Å². The van der Waals surface area contributed by atoms with Crippen LogP contribution in [0, 0.1) is 11.8 Å². The fourth-order valence-corrected chi connectivity index (χ4v) is 3.30. The first-order valence-corrected chi connectivity index (χ1v) is 7.30. The maximum absolute atomic E-state index is 12.5. The van der Waals surface area contributed by atoms with Crippen LogP contribution in [0.5, 0.6) is 0 Å². The fourth-order valence-electron chi connectivity index (χ4n) is 3.30. The van der Waals surface area contributed by atoms with Crippen molar-refractivity contribution < 1.29 is 9.90 Å². The Kier molecular flexibility index (Phi) is 4.62. The summed E-state index contributed by atoms with van der Waals surface area (Å²) in [4.78, 5) is 14.4. The van der Waals surface area contributed by atoms with Gasteiger partial charge in [-0.3, -0.25) is 4.79 Å². The van der Waals surface area contributed by atoms with Gasteiger partial charge in [-0.1, -0.05) is 6.92 Å². The van der Waals surface area contributed by atoms with Crippen molar-refractivity contribution in [3.05, 3.63) is 0 Å². The molecule has 1 aliphatic heterocycles. The zero-order valence-electron chi connectivity index (χ0n) is 11.3. The molecular formula is C14H26N2O2. The summed E-state index contributed by atoms with van der Waals surface area (Å²) < 4.78 is 0. The molecule has 0 radical (unpaired) electrons. The topological polar surface area (TPSA) is 66.6 Å². The highest BCUT2D eigenvalue weighted by atomic mass is 16.3. The van der Waals surface area contributed by atoms with Crippen molar-refractivity contribution in [2.45, 2.75) is 57.5 Å². The Hall–Kier alpha value is -0.610. The summed E-state index contributed by atoms with van der Waals surface area (Å²) in [7, 11) is 0. The van der Waals surface area contributed by atoms with Gasteiger partial charge >= 0.3 is 0 Å². The summed E-state index contributed by atoms with van der Waals surface area (Å²) in [5, 5.41) is 9.38. The second-order valence-electron chi connectivity index (χ2n) is 6.01. The molecule has 1 saturated heterocycles. The van der Waals surface area contributed by atoms with Gasteiger partial charge in [-0.05, 0) is 44.4 Å². The molecule has 4 nitrogen and oxygen atoms in total. The van der Waals surface area contributed by atoms with Gasteiger partial charge in [0.2, 0.25) is 5.91 Å². The second-order valence-corrected chi connectivity index (χ2v) is 6.01. The first kappa shape index (κ1) is 13.8. The van der Waals surface area contributed by atoms with Crippen molar-refractivity contribution >= 4 is 5.91 Å². The molecule has 0 bridgehead atoms. The van der Waals surface area contributed by atoms with E-state index >= 15 is 0 Å². The van der Waals surface area contributed by atoms with E-state index in [1.165, 1.54) is 0 Å². The fraction of sp³-hybridized carbons (Fsp3) is 0.929. The van der Waals surface area contributed by atoms with E-state index < -0.39 is 0 Å². The SMILES string of the molecule is CC1CCC(C(=O)N2CCCCC2CO)CC1N. The van der Waals surface area contributed by atoms with Crippen molar-refractivity contribution in [1.29, 1.82) is 0 Å². The molecule has 2 rings (SSSR count). The van der Waals surface area contributed by atoms with Gasteiger partial charge in [-0.25, -0.2) is 0 Å². The number of carbonyl (C=O) groups excluding carboxylic acids is 1. The van der Waals surface area contributed by atoms with Gasteiger partial charge in [-0.2, -0.15) is 0 Å². The minimum absolute atomic E-state index is 0.0434. The number of piperidine rings is 1. The molecule has 4 unspecified atom stereocenters. The third kappa shape index (κ3) is 2.86. The largest absolute Gasteiger partial charge is 0.394 e. The number of hydrogen-bond donors (Lipinski definition) is 2.